The quantitative estimate of drug-likeness (QED) is 0.649. The molecule has 6 nitrogen and oxygen atoms in total. The van der Waals surface area contributed by atoms with Gasteiger partial charge in [0.1, 0.15) is 13.2 Å². The number of fused-ring (bicyclic) bond motifs is 1. The lowest BCUT2D eigenvalue weighted by atomic mass is 10.1. The van der Waals surface area contributed by atoms with Crippen LogP contribution in [0.5, 0.6) is 17.2 Å². The summed E-state index contributed by atoms with van der Waals surface area (Å²) in [6.07, 6.45) is 0. The van der Waals surface area contributed by atoms with Crippen molar-refractivity contribution < 1.29 is 19.0 Å². The van der Waals surface area contributed by atoms with Crippen LogP contribution in [0.15, 0.2) is 72.8 Å². The third kappa shape index (κ3) is 4.27. The molecule has 0 saturated heterocycles. The van der Waals surface area contributed by atoms with Gasteiger partial charge >= 0.3 is 0 Å². The number of ether oxygens (including phenoxy) is 3. The number of hydrogen-bond acceptors (Lipinski definition) is 5. The Morgan fingerprint density at radius 1 is 1.00 bits per heavy atom. The number of benzene rings is 3. The van der Waals surface area contributed by atoms with E-state index < -0.39 is 0 Å². The average molecular weight is 390 g/mol. The zero-order valence-electron chi connectivity index (χ0n) is 16.1. The molecule has 1 amide bonds. The molecule has 0 saturated carbocycles. The first-order valence-corrected chi connectivity index (χ1v) is 9.40. The Kier molecular flexibility index (Phi) is 5.52. The summed E-state index contributed by atoms with van der Waals surface area (Å²) >= 11 is 0. The molecule has 0 spiro atoms. The molecule has 4 rings (SSSR count). The van der Waals surface area contributed by atoms with Gasteiger partial charge in [-0.3, -0.25) is 15.2 Å². The first-order valence-electron chi connectivity index (χ1n) is 9.40. The van der Waals surface area contributed by atoms with Crippen LogP contribution < -0.4 is 24.6 Å². The van der Waals surface area contributed by atoms with Gasteiger partial charge in [-0.25, -0.2) is 0 Å². The summed E-state index contributed by atoms with van der Waals surface area (Å²) in [5, 5.41) is 1.82. The standard InChI is InChI=1S/C23H22N2O4/c1-27-20-14-18(15-21-22(20)29-13-12-28-21)23(26)24-25(19-10-6-3-7-11-19)16-17-8-4-2-5-9-17/h2-11,14-15H,12-13,16H2,1H3,(H,24,26). The Balaban J connectivity index is 1.61. The maximum atomic E-state index is 13.1. The molecule has 1 aliphatic rings. The number of carbonyl (C=O) groups is 1. The van der Waals surface area contributed by atoms with Gasteiger partial charge in [0.2, 0.25) is 5.75 Å². The van der Waals surface area contributed by atoms with Crippen LogP contribution >= 0.6 is 0 Å². The number of methoxy groups -OCH3 is 1. The molecule has 3 aromatic carbocycles. The van der Waals surface area contributed by atoms with Crippen LogP contribution in [0.25, 0.3) is 0 Å². The number of carbonyl (C=O) groups excluding carboxylic acids is 1. The van der Waals surface area contributed by atoms with Gasteiger partial charge in [0.05, 0.1) is 19.3 Å². The number of hydrogen-bond donors (Lipinski definition) is 1. The number of hydrazine groups is 1. The first kappa shape index (κ1) is 18.7. The Morgan fingerprint density at radius 3 is 2.41 bits per heavy atom. The molecular weight excluding hydrogens is 368 g/mol. The Bertz CT molecular complexity index is 960. The molecule has 0 bridgehead atoms. The zero-order chi connectivity index (χ0) is 20.1. The molecule has 0 fully saturated rings. The number of amides is 1. The molecule has 29 heavy (non-hydrogen) atoms. The van der Waals surface area contributed by atoms with E-state index in [1.165, 1.54) is 0 Å². The van der Waals surface area contributed by atoms with Crippen LogP contribution in [-0.4, -0.2) is 26.2 Å². The summed E-state index contributed by atoms with van der Waals surface area (Å²) in [6.45, 7) is 1.41. The third-order valence-electron chi connectivity index (χ3n) is 4.58. The highest BCUT2D eigenvalue weighted by Crippen LogP contribution is 2.40. The highest BCUT2D eigenvalue weighted by molar-refractivity contribution is 5.96. The van der Waals surface area contributed by atoms with Crippen molar-refractivity contribution in [1.29, 1.82) is 0 Å². The van der Waals surface area contributed by atoms with Gasteiger partial charge in [-0.2, -0.15) is 0 Å². The Hall–Kier alpha value is -3.67. The second-order valence-corrected chi connectivity index (χ2v) is 6.55. The SMILES string of the molecule is COc1cc(C(=O)NN(Cc2ccccc2)c2ccccc2)cc2c1OCCO2. The van der Waals surface area contributed by atoms with Crippen molar-refractivity contribution in [3.05, 3.63) is 83.9 Å². The molecule has 0 radical (unpaired) electrons. The maximum absolute atomic E-state index is 13.1. The van der Waals surface area contributed by atoms with E-state index in [2.05, 4.69) is 5.43 Å². The summed E-state index contributed by atoms with van der Waals surface area (Å²) in [5.74, 6) is 1.25. The molecule has 148 valence electrons. The van der Waals surface area contributed by atoms with Gasteiger partial charge in [0.15, 0.2) is 11.5 Å². The van der Waals surface area contributed by atoms with Crippen molar-refractivity contribution in [3.63, 3.8) is 0 Å². The third-order valence-corrected chi connectivity index (χ3v) is 4.58. The van der Waals surface area contributed by atoms with Crippen LogP contribution in [0.3, 0.4) is 0 Å². The van der Waals surface area contributed by atoms with Crippen molar-refractivity contribution in [2.24, 2.45) is 0 Å². The predicted molar refractivity (Wildman–Crippen MR) is 111 cm³/mol. The lowest BCUT2D eigenvalue weighted by molar-refractivity contribution is 0.0946. The molecule has 0 aliphatic carbocycles. The molecular formula is C23H22N2O4. The van der Waals surface area contributed by atoms with Crippen LogP contribution in [-0.2, 0) is 6.54 Å². The van der Waals surface area contributed by atoms with E-state index in [-0.39, 0.29) is 5.91 Å². The van der Waals surface area contributed by atoms with Crippen molar-refractivity contribution in [2.45, 2.75) is 6.54 Å². The van der Waals surface area contributed by atoms with Crippen molar-refractivity contribution >= 4 is 11.6 Å². The number of rotatable bonds is 6. The monoisotopic (exact) mass is 390 g/mol. The molecule has 0 atom stereocenters. The molecule has 1 heterocycles. The summed E-state index contributed by atoms with van der Waals surface area (Å²) in [7, 11) is 1.54. The number of para-hydroxylation sites is 1. The van der Waals surface area contributed by atoms with Gasteiger partial charge in [-0.15, -0.1) is 0 Å². The van der Waals surface area contributed by atoms with Gasteiger partial charge in [-0.1, -0.05) is 48.5 Å². The number of nitrogens with zero attached hydrogens (tertiary/aromatic N) is 1. The van der Waals surface area contributed by atoms with Crippen LogP contribution in [0, 0.1) is 0 Å². The fourth-order valence-electron chi connectivity index (χ4n) is 3.16. The van der Waals surface area contributed by atoms with E-state index in [9.17, 15) is 4.79 Å². The van der Waals surface area contributed by atoms with Crippen LogP contribution in [0.1, 0.15) is 15.9 Å². The highest BCUT2D eigenvalue weighted by Gasteiger charge is 2.22. The fraction of sp³-hybridized carbons (Fsp3) is 0.174. The van der Waals surface area contributed by atoms with Crippen molar-refractivity contribution in [1.82, 2.24) is 5.43 Å². The smallest absolute Gasteiger partial charge is 0.270 e. The van der Waals surface area contributed by atoms with E-state index in [0.717, 1.165) is 11.3 Å². The Labute approximate surface area is 169 Å². The highest BCUT2D eigenvalue weighted by atomic mass is 16.6. The van der Waals surface area contributed by atoms with Crippen LogP contribution in [0.4, 0.5) is 5.69 Å². The summed E-state index contributed by atoms with van der Waals surface area (Å²) in [4.78, 5) is 13.1. The second-order valence-electron chi connectivity index (χ2n) is 6.55. The predicted octanol–water partition coefficient (Wildman–Crippen LogP) is 3.82. The van der Waals surface area contributed by atoms with E-state index in [4.69, 9.17) is 14.2 Å². The van der Waals surface area contributed by atoms with E-state index >= 15 is 0 Å². The number of anilines is 1. The lowest BCUT2D eigenvalue weighted by Gasteiger charge is -2.26. The lowest BCUT2D eigenvalue weighted by Crippen LogP contribution is -2.42. The topological polar surface area (TPSA) is 60.0 Å². The second kappa shape index (κ2) is 8.56. The first-order chi connectivity index (χ1) is 14.2. The van der Waals surface area contributed by atoms with Gasteiger partial charge in [0.25, 0.3) is 5.91 Å². The summed E-state index contributed by atoms with van der Waals surface area (Å²) in [6, 6.07) is 23.0. The number of nitrogens with one attached hydrogen (secondary N) is 1. The van der Waals surface area contributed by atoms with Crippen molar-refractivity contribution in [2.75, 3.05) is 25.3 Å². The minimum absolute atomic E-state index is 0.264. The minimum atomic E-state index is -0.264. The van der Waals surface area contributed by atoms with Gasteiger partial charge in [-0.05, 0) is 29.8 Å². The minimum Gasteiger partial charge on any atom is -0.493 e. The van der Waals surface area contributed by atoms with E-state index in [1.54, 1.807) is 19.2 Å². The van der Waals surface area contributed by atoms with E-state index in [0.29, 0.717) is 42.6 Å². The normalized spacial score (nSPS) is 12.2. The summed E-state index contributed by atoms with van der Waals surface area (Å²) in [5.41, 5.74) is 5.39. The molecule has 0 unspecified atom stereocenters. The van der Waals surface area contributed by atoms with E-state index in [1.807, 2.05) is 65.7 Å². The molecule has 6 heteroatoms. The van der Waals surface area contributed by atoms with Crippen molar-refractivity contribution in [3.8, 4) is 17.2 Å². The molecule has 1 aliphatic heterocycles. The molecule has 0 aromatic heterocycles. The van der Waals surface area contributed by atoms with Gasteiger partial charge < -0.3 is 14.2 Å². The molecule has 3 aromatic rings. The zero-order valence-corrected chi connectivity index (χ0v) is 16.1. The molecule has 1 N–H and O–H groups in total. The summed E-state index contributed by atoms with van der Waals surface area (Å²) < 4.78 is 16.7. The maximum Gasteiger partial charge on any atom is 0.270 e. The fourth-order valence-corrected chi connectivity index (χ4v) is 3.16. The average Bonchev–Trinajstić information content (AvgIpc) is 2.79. The Morgan fingerprint density at radius 2 is 1.69 bits per heavy atom. The van der Waals surface area contributed by atoms with Crippen LogP contribution in [0.2, 0.25) is 0 Å². The largest absolute Gasteiger partial charge is 0.493 e. The van der Waals surface area contributed by atoms with Gasteiger partial charge in [0, 0.05) is 5.56 Å².